The molecular formula is C24H33N5O3. The number of carbonyl (C=O) groups is 1. The Kier molecular flexibility index (Phi) is 5.88. The molecule has 2 aliphatic carbocycles. The van der Waals surface area contributed by atoms with E-state index in [4.69, 9.17) is 4.74 Å². The second-order valence-corrected chi connectivity index (χ2v) is 10.3. The van der Waals surface area contributed by atoms with Crippen LogP contribution in [0.2, 0.25) is 0 Å². The van der Waals surface area contributed by atoms with Crippen molar-refractivity contribution in [2.24, 2.45) is 23.7 Å². The molecule has 8 nitrogen and oxygen atoms in total. The van der Waals surface area contributed by atoms with E-state index in [0.29, 0.717) is 29.2 Å². The highest BCUT2D eigenvalue weighted by Gasteiger charge is 2.45. The Morgan fingerprint density at radius 3 is 2.75 bits per heavy atom. The van der Waals surface area contributed by atoms with Crippen LogP contribution in [0.1, 0.15) is 61.6 Å². The van der Waals surface area contributed by atoms with Crippen molar-refractivity contribution in [2.75, 3.05) is 19.7 Å². The number of rotatable bonds is 7. The molecule has 0 bridgehead atoms. The number of pyridine rings is 1. The Morgan fingerprint density at radius 2 is 2.03 bits per heavy atom. The van der Waals surface area contributed by atoms with Gasteiger partial charge in [-0.25, -0.2) is 4.68 Å². The highest BCUT2D eigenvalue weighted by atomic mass is 16.5. The SMILES string of the molecule is CC(C)Cc1cn([C@@H]2C[C@@H]3CN(C(=O)c4cc[nH]c(=O)c4)C[C@@H]3C[C@H]2OCC2CC2)nn1. The Bertz CT molecular complexity index is 1010. The van der Waals surface area contributed by atoms with Crippen LogP contribution in [0.25, 0.3) is 0 Å². The molecule has 5 rings (SSSR count). The fraction of sp³-hybridized carbons (Fsp3) is 0.667. The summed E-state index contributed by atoms with van der Waals surface area (Å²) in [5.41, 5.74) is 1.24. The summed E-state index contributed by atoms with van der Waals surface area (Å²) >= 11 is 0. The van der Waals surface area contributed by atoms with Crippen LogP contribution in [0.5, 0.6) is 0 Å². The van der Waals surface area contributed by atoms with Crippen LogP contribution in [-0.2, 0) is 11.2 Å². The maximum absolute atomic E-state index is 13.0. The fourth-order valence-corrected chi connectivity index (χ4v) is 5.31. The van der Waals surface area contributed by atoms with Gasteiger partial charge in [0.25, 0.3) is 5.91 Å². The van der Waals surface area contributed by atoms with Crippen molar-refractivity contribution in [1.82, 2.24) is 24.9 Å². The Morgan fingerprint density at radius 1 is 1.25 bits per heavy atom. The topological polar surface area (TPSA) is 93.1 Å². The molecule has 2 aromatic heterocycles. The first kappa shape index (κ1) is 21.4. The van der Waals surface area contributed by atoms with Gasteiger partial charge >= 0.3 is 0 Å². The lowest BCUT2D eigenvalue weighted by Crippen LogP contribution is -2.38. The number of amides is 1. The van der Waals surface area contributed by atoms with Gasteiger partial charge in [0.1, 0.15) is 0 Å². The average Bonchev–Trinajstić information content (AvgIpc) is 3.32. The number of nitrogens with one attached hydrogen (secondary N) is 1. The number of fused-ring (bicyclic) bond motifs is 1. The van der Waals surface area contributed by atoms with Crippen LogP contribution in [0, 0.1) is 23.7 Å². The van der Waals surface area contributed by atoms with Gasteiger partial charge in [0, 0.05) is 43.7 Å². The molecule has 0 aromatic carbocycles. The highest BCUT2D eigenvalue weighted by Crippen LogP contribution is 2.43. The maximum Gasteiger partial charge on any atom is 0.254 e. The van der Waals surface area contributed by atoms with E-state index in [-0.39, 0.29) is 23.6 Å². The quantitative estimate of drug-likeness (QED) is 0.716. The molecule has 1 amide bonds. The van der Waals surface area contributed by atoms with Crippen molar-refractivity contribution >= 4 is 5.91 Å². The number of aromatic nitrogens is 4. The molecule has 172 valence electrons. The summed E-state index contributed by atoms with van der Waals surface area (Å²) in [5.74, 6) is 2.01. The average molecular weight is 440 g/mol. The molecule has 2 saturated carbocycles. The predicted octanol–water partition coefficient (Wildman–Crippen LogP) is 2.68. The van der Waals surface area contributed by atoms with Gasteiger partial charge in [-0.1, -0.05) is 19.1 Å². The molecule has 0 unspecified atom stereocenters. The number of likely N-dealkylation sites (tertiary alicyclic amines) is 1. The number of H-pyrrole nitrogens is 1. The van der Waals surface area contributed by atoms with Gasteiger partial charge in [0.15, 0.2) is 0 Å². The zero-order valence-electron chi connectivity index (χ0n) is 18.9. The lowest BCUT2D eigenvalue weighted by molar-refractivity contribution is -0.0375. The van der Waals surface area contributed by atoms with Gasteiger partial charge < -0.3 is 14.6 Å². The van der Waals surface area contributed by atoms with Crippen molar-refractivity contribution in [3.63, 3.8) is 0 Å². The largest absolute Gasteiger partial charge is 0.376 e. The molecule has 1 aliphatic heterocycles. The van der Waals surface area contributed by atoms with Crippen LogP contribution in [0.3, 0.4) is 0 Å². The number of ether oxygens (including phenoxy) is 1. The predicted molar refractivity (Wildman–Crippen MR) is 119 cm³/mol. The molecule has 3 heterocycles. The molecule has 1 saturated heterocycles. The number of nitrogens with zero attached hydrogens (tertiary/aromatic N) is 4. The van der Waals surface area contributed by atoms with Crippen molar-refractivity contribution in [2.45, 2.75) is 58.1 Å². The minimum Gasteiger partial charge on any atom is -0.376 e. The van der Waals surface area contributed by atoms with E-state index in [2.05, 4.69) is 35.3 Å². The molecule has 3 fully saturated rings. The van der Waals surface area contributed by atoms with Gasteiger partial charge in [-0.2, -0.15) is 0 Å². The van der Waals surface area contributed by atoms with E-state index < -0.39 is 0 Å². The molecule has 32 heavy (non-hydrogen) atoms. The summed E-state index contributed by atoms with van der Waals surface area (Å²) in [5, 5.41) is 8.89. The summed E-state index contributed by atoms with van der Waals surface area (Å²) < 4.78 is 8.45. The minimum absolute atomic E-state index is 0.0579. The number of hydrogen-bond acceptors (Lipinski definition) is 5. The fourth-order valence-electron chi connectivity index (χ4n) is 5.31. The summed E-state index contributed by atoms with van der Waals surface area (Å²) in [4.78, 5) is 29.2. The maximum atomic E-state index is 13.0. The zero-order valence-corrected chi connectivity index (χ0v) is 18.9. The van der Waals surface area contributed by atoms with E-state index >= 15 is 0 Å². The van der Waals surface area contributed by atoms with Crippen molar-refractivity contribution in [3.8, 4) is 0 Å². The Labute approximate surface area is 188 Å². The monoisotopic (exact) mass is 439 g/mol. The van der Waals surface area contributed by atoms with Crippen molar-refractivity contribution < 1.29 is 9.53 Å². The molecule has 4 atom stereocenters. The first-order valence-electron chi connectivity index (χ1n) is 12.0. The van der Waals surface area contributed by atoms with E-state index in [9.17, 15) is 9.59 Å². The number of carbonyl (C=O) groups excluding carboxylic acids is 1. The first-order chi connectivity index (χ1) is 15.5. The minimum atomic E-state index is -0.246. The third kappa shape index (κ3) is 4.65. The molecule has 0 spiro atoms. The van der Waals surface area contributed by atoms with E-state index in [1.165, 1.54) is 25.1 Å². The molecule has 2 aromatic rings. The summed E-state index contributed by atoms with van der Waals surface area (Å²) in [7, 11) is 0. The Balaban J connectivity index is 1.32. The Hall–Kier alpha value is -2.48. The third-order valence-corrected chi connectivity index (χ3v) is 7.15. The molecule has 8 heteroatoms. The second-order valence-electron chi connectivity index (χ2n) is 10.3. The van der Waals surface area contributed by atoms with Crippen molar-refractivity contribution in [1.29, 1.82) is 0 Å². The standard InChI is InChI=1S/C24H33N5O3/c1-15(2)7-20-13-29(27-26-20)21-8-18-11-28(24(31)17-5-6-25-23(30)10-17)12-19(18)9-22(21)32-14-16-3-4-16/h5-6,10,13,15-16,18-19,21-22H,3-4,7-9,11-12,14H2,1-2H3,(H,25,30)/t18-,19+,21-,22-/m1/s1. The number of hydrogen-bond donors (Lipinski definition) is 1. The van der Waals surface area contributed by atoms with Crippen LogP contribution >= 0.6 is 0 Å². The lowest BCUT2D eigenvalue weighted by Gasteiger charge is -2.37. The van der Waals surface area contributed by atoms with Gasteiger partial charge in [-0.05, 0) is 61.8 Å². The van der Waals surface area contributed by atoms with E-state index in [1.54, 1.807) is 6.07 Å². The van der Waals surface area contributed by atoms with Gasteiger partial charge in [-0.15, -0.1) is 5.10 Å². The lowest BCUT2D eigenvalue weighted by atomic mass is 9.77. The van der Waals surface area contributed by atoms with Crippen molar-refractivity contribution in [3.05, 3.63) is 46.1 Å². The van der Waals surface area contributed by atoms with Crippen LogP contribution < -0.4 is 5.56 Å². The first-order valence-corrected chi connectivity index (χ1v) is 12.0. The molecule has 1 N–H and O–H groups in total. The second kappa shape index (κ2) is 8.81. The van der Waals surface area contributed by atoms with Gasteiger partial charge in [-0.3, -0.25) is 9.59 Å². The van der Waals surface area contributed by atoms with Crippen LogP contribution in [0.15, 0.2) is 29.3 Å². The number of aromatic amines is 1. The van der Waals surface area contributed by atoms with E-state index in [1.807, 2.05) is 9.58 Å². The normalized spacial score (nSPS) is 27.7. The molecular weight excluding hydrogens is 406 g/mol. The zero-order chi connectivity index (χ0) is 22.2. The van der Waals surface area contributed by atoms with Gasteiger partial charge in [0.2, 0.25) is 5.56 Å². The van der Waals surface area contributed by atoms with Gasteiger partial charge in [0.05, 0.1) is 17.8 Å². The summed E-state index contributed by atoms with van der Waals surface area (Å²) in [6.45, 7) is 6.65. The molecule has 0 radical (unpaired) electrons. The smallest absolute Gasteiger partial charge is 0.254 e. The summed E-state index contributed by atoms with van der Waals surface area (Å²) in [6.07, 6.45) is 9.05. The summed E-state index contributed by atoms with van der Waals surface area (Å²) in [6, 6.07) is 3.22. The van der Waals surface area contributed by atoms with Crippen LogP contribution in [-0.4, -0.2) is 56.6 Å². The highest BCUT2D eigenvalue weighted by molar-refractivity contribution is 5.94. The molecule has 3 aliphatic rings. The van der Waals surface area contributed by atoms with Crippen LogP contribution in [0.4, 0.5) is 0 Å². The third-order valence-electron chi connectivity index (χ3n) is 7.15. The van der Waals surface area contributed by atoms with E-state index in [0.717, 1.165) is 44.7 Å².